The summed E-state index contributed by atoms with van der Waals surface area (Å²) in [6.45, 7) is 13.1. The average Bonchev–Trinajstić information content (AvgIpc) is 3.39. The number of anilines is 1. The minimum atomic E-state index is -0.635. The number of halogens is 1. The highest BCUT2D eigenvalue weighted by atomic mass is 35.5. The lowest BCUT2D eigenvalue weighted by Gasteiger charge is -2.43. The van der Waals surface area contributed by atoms with Crippen LogP contribution in [0.2, 0.25) is 5.02 Å². The van der Waals surface area contributed by atoms with Gasteiger partial charge in [0.1, 0.15) is 23.4 Å². The van der Waals surface area contributed by atoms with Crippen LogP contribution in [0.25, 0.3) is 11.0 Å². The third-order valence-electron chi connectivity index (χ3n) is 7.88. The average molecular weight is 567 g/mol. The van der Waals surface area contributed by atoms with Crippen molar-refractivity contribution in [2.75, 3.05) is 24.5 Å². The Morgan fingerprint density at radius 3 is 2.38 bits per heavy atom. The predicted molar refractivity (Wildman–Crippen MR) is 157 cm³/mol. The van der Waals surface area contributed by atoms with Gasteiger partial charge in [-0.05, 0) is 77.6 Å². The first-order valence-electron chi connectivity index (χ1n) is 14.0. The Bertz CT molecular complexity index is 1370. The zero-order valence-electron chi connectivity index (χ0n) is 24.1. The van der Waals surface area contributed by atoms with Crippen LogP contribution in [0.1, 0.15) is 64.5 Å². The fourth-order valence-corrected chi connectivity index (χ4v) is 6.11. The Kier molecular flexibility index (Phi) is 7.70. The normalized spacial score (nSPS) is 19.8. The van der Waals surface area contributed by atoms with Gasteiger partial charge in [-0.3, -0.25) is 4.79 Å². The summed E-state index contributed by atoms with van der Waals surface area (Å²) in [6.07, 6.45) is 5.00. The van der Waals surface area contributed by atoms with Crippen LogP contribution in [0.15, 0.2) is 36.8 Å². The highest BCUT2D eigenvalue weighted by Gasteiger charge is 2.46. The van der Waals surface area contributed by atoms with Gasteiger partial charge in [-0.15, -0.1) is 0 Å². The number of nitrogens with zero attached hydrogens (tertiary/aromatic N) is 5. The predicted octanol–water partition coefficient (Wildman–Crippen LogP) is 5.53. The van der Waals surface area contributed by atoms with Gasteiger partial charge in [0.05, 0.1) is 11.3 Å². The molecular weight excluding hydrogens is 528 g/mol. The first kappa shape index (κ1) is 28.2. The zero-order valence-corrected chi connectivity index (χ0v) is 24.9. The van der Waals surface area contributed by atoms with Crippen LogP contribution >= 0.6 is 11.6 Å². The Morgan fingerprint density at radius 2 is 1.77 bits per heavy atom. The van der Waals surface area contributed by atoms with Crippen LogP contribution < -0.4 is 4.90 Å². The van der Waals surface area contributed by atoms with Crippen molar-refractivity contribution in [3.8, 4) is 0 Å². The topological polar surface area (TPSA) is 94.7 Å². The number of aromatic amines is 1. The molecule has 214 valence electrons. The maximum absolute atomic E-state index is 14.4. The number of nitrogens with one attached hydrogen (secondary N) is 1. The van der Waals surface area contributed by atoms with E-state index < -0.39 is 17.6 Å². The van der Waals surface area contributed by atoms with E-state index in [1.807, 2.05) is 52.9 Å². The summed E-state index contributed by atoms with van der Waals surface area (Å²) in [4.78, 5) is 45.9. The number of rotatable bonds is 6. The summed E-state index contributed by atoms with van der Waals surface area (Å²) >= 11 is 6.20. The monoisotopic (exact) mass is 566 g/mol. The lowest BCUT2D eigenvalue weighted by atomic mass is 9.95. The van der Waals surface area contributed by atoms with E-state index in [0.717, 1.165) is 40.8 Å². The molecule has 1 aromatic carbocycles. The number of carbonyl (C=O) groups excluding carboxylic acids is 2. The van der Waals surface area contributed by atoms with Gasteiger partial charge in [0.15, 0.2) is 0 Å². The van der Waals surface area contributed by atoms with Crippen molar-refractivity contribution in [1.82, 2.24) is 24.8 Å². The molecule has 5 rings (SSSR count). The molecule has 1 N–H and O–H groups in total. The molecule has 4 heterocycles. The van der Waals surface area contributed by atoms with Crippen molar-refractivity contribution >= 4 is 40.5 Å². The smallest absolute Gasteiger partial charge is 0.410 e. The number of ether oxygens (including phenoxy) is 1. The van der Waals surface area contributed by atoms with Crippen LogP contribution in [0.4, 0.5) is 10.6 Å². The van der Waals surface area contributed by atoms with Crippen LogP contribution in [-0.4, -0.2) is 80.1 Å². The maximum Gasteiger partial charge on any atom is 0.410 e. The SMILES string of the molecule is Cc1c[nH]c2ncnc(N3CC4CCC(C3)N4C(=O)[C@H](CN(C(=O)OC(C)(C)C)C(C)C)c3ccc(Cl)cc3)c12. The summed E-state index contributed by atoms with van der Waals surface area (Å²) in [6, 6.07) is 7.35. The van der Waals surface area contributed by atoms with E-state index in [9.17, 15) is 9.59 Å². The molecule has 2 bridgehead atoms. The number of piperazine rings is 1. The summed E-state index contributed by atoms with van der Waals surface area (Å²) in [5.41, 5.74) is 2.14. The Labute approximate surface area is 240 Å². The van der Waals surface area contributed by atoms with Gasteiger partial charge in [-0.25, -0.2) is 14.8 Å². The van der Waals surface area contributed by atoms with Crippen LogP contribution in [0.5, 0.6) is 0 Å². The van der Waals surface area contributed by atoms with Gasteiger partial charge in [0, 0.05) is 49.0 Å². The molecule has 2 unspecified atom stereocenters. The summed E-state index contributed by atoms with van der Waals surface area (Å²) in [5, 5.41) is 1.64. The number of aromatic nitrogens is 3. The minimum Gasteiger partial charge on any atom is -0.444 e. The van der Waals surface area contributed by atoms with E-state index >= 15 is 0 Å². The molecule has 0 aliphatic carbocycles. The number of fused-ring (bicyclic) bond motifs is 3. The van der Waals surface area contributed by atoms with Crippen molar-refractivity contribution in [1.29, 1.82) is 0 Å². The highest BCUT2D eigenvalue weighted by Crippen LogP contribution is 2.37. The zero-order chi connectivity index (χ0) is 28.8. The summed E-state index contributed by atoms with van der Waals surface area (Å²) < 4.78 is 5.72. The van der Waals surface area contributed by atoms with Crippen molar-refractivity contribution in [2.45, 2.75) is 84.0 Å². The maximum atomic E-state index is 14.4. The molecule has 2 saturated heterocycles. The van der Waals surface area contributed by atoms with Gasteiger partial charge < -0.3 is 24.4 Å². The second-order valence-electron chi connectivity index (χ2n) is 12.3. The molecule has 9 nitrogen and oxygen atoms in total. The molecule has 2 aliphatic rings. The standard InChI is InChI=1S/C30H39ClN6O3/c1-18(2)36(29(39)40-30(4,5)6)16-24(20-7-9-21(31)10-8-20)28(38)37-22-11-12-23(37)15-35(14-22)27-25-19(3)13-32-26(25)33-17-34-27/h7-10,13,17-18,22-24H,11-12,14-16H2,1-6H3,(H,32,33,34)/t22?,23?,24-/m1/s1. The molecule has 2 aromatic heterocycles. The molecule has 3 aromatic rings. The van der Waals surface area contributed by atoms with Crippen molar-refractivity contribution in [3.05, 3.63) is 52.9 Å². The number of hydrogen-bond acceptors (Lipinski definition) is 6. The molecule has 0 radical (unpaired) electrons. The molecule has 40 heavy (non-hydrogen) atoms. The largest absolute Gasteiger partial charge is 0.444 e. The highest BCUT2D eigenvalue weighted by molar-refractivity contribution is 6.30. The minimum absolute atomic E-state index is 0.0364. The number of H-pyrrole nitrogens is 1. The van der Waals surface area contributed by atoms with E-state index in [2.05, 4.69) is 31.7 Å². The van der Waals surface area contributed by atoms with Crippen LogP contribution in [-0.2, 0) is 9.53 Å². The number of hydrogen-bond donors (Lipinski definition) is 1. The third kappa shape index (κ3) is 5.61. The van der Waals surface area contributed by atoms with Gasteiger partial charge >= 0.3 is 6.09 Å². The lowest BCUT2D eigenvalue weighted by Crippen LogP contribution is -2.58. The second kappa shape index (κ2) is 10.9. The fourth-order valence-electron chi connectivity index (χ4n) is 5.99. The molecule has 0 spiro atoms. The molecule has 2 amide bonds. The van der Waals surface area contributed by atoms with Crippen LogP contribution in [0.3, 0.4) is 0 Å². The quantitative estimate of drug-likeness (QED) is 0.422. The number of aryl methyl sites for hydroxylation is 1. The Morgan fingerprint density at radius 1 is 1.12 bits per heavy atom. The van der Waals surface area contributed by atoms with Gasteiger partial charge in [0.2, 0.25) is 5.91 Å². The second-order valence-corrected chi connectivity index (χ2v) is 12.7. The molecular formula is C30H39ClN6O3. The molecule has 3 atom stereocenters. The van der Waals surface area contributed by atoms with Crippen molar-refractivity contribution in [2.24, 2.45) is 0 Å². The number of amides is 2. The first-order chi connectivity index (χ1) is 18.9. The number of carbonyl (C=O) groups is 2. The Balaban J connectivity index is 1.43. The third-order valence-corrected chi connectivity index (χ3v) is 8.14. The molecule has 10 heteroatoms. The van der Waals surface area contributed by atoms with E-state index in [0.29, 0.717) is 18.1 Å². The van der Waals surface area contributed by atoms with E-state index in [1.165, 1.54) is 0 Å². The van der Waals surface area contributed by atoms with Gasteiger partial charge in [0.25, 0.3) is 0 Å². The van der Waals surface area contributed by atoms with Crippen molar-refractivity contribution < 1.29 is 14.3 Å². The van der Waals surface area contributed by atoms with E-state index in [-0.39, 0.29) is 30.6 Å². The molecule has 2 fully saturated rings. The molecule has 2 aliphatic heterocycles. The first-order valence-corrected chi connectivity index (χ1v) is 14.4. The molecule has 0 saturated carbocycles. The van der Waals surface area contributed by atoms with E-state index in [1.54, 1.807) is 23.4 Å². The van der Waals surface area contributed by atoms with Crippen molar-refractivity contribution in [3.63, 3.8) is 0 Å². The fraction of sp³-hybridized carbons (Fsp3) is 0.533. The van der Waals surface area contributed by atoms with E-state index in [4.69, 9.17) is 16.3 Å². The Hall–Kier alpha value is -3.33. The summed E-state index contributed by atoms with van der Waals surface area (Å²) in [7, 11) is 0. The summed E-state index contributed by atoms with van der Waals surface area (Å²) in [5.74, 6) is 0.409. The van der Waals surface area contributed by atoms with Gasteiger partial charge in [-0.1, -0.05) is 23.7 Å². The number of benzene rings is 1. The van der Waals surface area contributed by atoms with Gasteiger partial charge in [-0.2, -0.15) is 0 Å². The van der Waals surface area contributed by atoms with Crippen LogP contribution in [0, 0.1) is 6.92 Å². The lowest BCUT2D eigenvalue weighted by molar-refractivity contribution is -0.136.